The third-order valence-electron chi connectivity index (χ3n) is 3.20. The zero-order valence-electron chi connectivity index (χ0n) is 7.58. The largest absolute Gasteiger partial charge is 0.125 e. The highest BCUT2D eigenvalue weighted by atomic mass is 14.4. The smallest absolute Gasteiger partial charge is 0.00199 e. The fourth-order valence-electron chi connectivity index (χ4n) is 1.13. The Kier molecular flexibility index (Phi) is 1.35. The van der Waals surface area contributed by atoms with Crippen molar-refractivity contribution in [3.8, 4) is 0 Å². The molecule has 0 saturated heterocycles. The lowest BCUT2D eigenvalue weighted by atomic mass is 9.68. The highest BCUT2D eigenvalue weighted by molar-refractivity contribution is 5.24. The molecule has 0 aliphatic heterocycles. The van der Waals surface area contributed by atoms with Gasteiger partial charge in [-0.2, -0.15) is 0 Å². The maximum atomic E-state index is 3.29. The lowest BCUT2D eigenvalue weighted by molar-refractivity contribution is 0.228. The second kappa shape index (κ2) is 1.77. The summed E-state index contributed by atoms with van der Waals surface area (Å²) in [4.78, 5) is 0. The van der Waals surface area contributed by atoms with E-state index in [0.717, 1.165) is 0 Å². The molecule has 0 bridgehead atoms. The van der Waals surface area contributed by atoms with Crippen molar-refractivity contribution >= 4 is 0 Å². The van der Waals surface area contributed by atoms with Crippen LogP contribution >= 0.6 is 0 Å². The molecule has 0 amide bonds. The van der Waals surface area contributed by atoms with Crippen LogP contribution < -0.4 is 0 Å². The molecule has 0 nitrogen and oxygen atoms in total. The Morgan fingerprint density at radius 1 is 1.20 bits per heavy atom. The molecule has 0 N–H and O–H groups in total. The van der Waals surface area contributed by atoms with Gasteiger partial charge in [-0.15, -0.1) is 5.73 Å². The standard InChI is InChI=1S/C10H16/c1-8-6-7-9(2,3)10(8,4)5/h7H,1-5H3. The van der Waals surface area contributed by atoms with E-state index in [1.165, 1.54) is 5.57 Å². The van der Waals surface area contributed by atoms with Crippen molar-refractivity contribution in [1.29, 1.82) is 0 Å². The van der Waals surface area contributed by atoms with Gasteiger partial charge in [-0.05, 0) is 24.0 Å². The maximum absolute atomic E-state index is 3.29. The summed E-state index contributed by atoms with van der Waals surface area (Å²) >= 11 is 0. The van der Waals surface area contributed by atoms with Crippen molar-refractivity contribution in [3.63, 3.8) is 0 Å². The van der Waals surface area contributed by atoms with Crippen LogP contribution in [0.3, 0.4) is 0 Å². The van der Waals surface area contributed by atoms with Crippen LogP contribution in [0.2, 0.25) is 0 Å². The molecule has 0 fully saturated rings. The molecular weight excluding hydrogens is 120 g/mol. The first kappa shape index (κ1) is 7.63. The Morgan fingerprint density at radius 2 is 1.70 bits per heavy atom. The van der Waals surface area contributed by atoms with Gasteiger partial charge in [0, 0.05) is 5.41 Å². The average Bonchev–Trinajstić information content (AvgIpc) is 1.94. The van der Waals surface area contributed by atoms with Crippen molar-refractivity contribution < 1.29 is 0 Å². The molecule has 0 aromatic heterocycles. The van der Waals surface area contributed by atoms with Crippen LogP contribution in [0.5, 0.6) is 0 Å². The summed E-state index contributed by atoms with van der Waals surface area (Å²) in [6, 6.07) is 0. The summed E-state index contributed by atoms with van der Waals surface area (Å²) in [6.45, 7) is 11.2. The molecule has 0 spiro atoms. The molecule has 10 heavy (non-hydrogen) atoms. The van der Waals surface area contributed by atoms with E-state index in [-0.39, 0.29) is 5.41 Å². The van der Waals surface area contributed by atoms with Gasteiger partial charge in [0.1, 0.15) is 0 Å². The number of hydrogen-bond donors (Lipinski definition) is 0. The Labute approximate surface area is 63.6 Å². The van der Waals surface area contributed by atoms with Gasteiger partial charge in [-0.1, -0.05) is 27.7 Å². The van der Waals surface area contributed by atoms with E-state index in [0.29, 0.717) is 5.41 Å². The van der Waals surface area contributed by atoms with Crippen molar-refractivity contribution in [2.75, 3.05) is 0 Å². The van der Waals surface area contributed by atoms with E-state index in [1.54, 1.807) is 0 Å². The first-order valence-corrected chi connectivity index (χ1v) is 3.83. The second-order valence-electron chi connectivity index (χ2n) is 4.26. The molecule has 1 aliphatic carbocycles. The third-order valence-corrected chi connectivity index (χ3v) is 3.20. The SMILES string of the molecule is CC1=C=CC(C)(C)C1(C)C. The zero-order valence-corrected chi connectivity index (χ0v) is 7.58. The summed E-state index contributed by atoms with van der Waals surface area (Å²) in [7, 11) is 0. The topological polar surface area (TPSA) is 0 Å². The van der Waals surface area contributed by atoms with E-state index in [9.17, 15) is 0 Å². The van der Waals surface area contributed by atoms with Crippen LogP contribution in [-0.2, 0) is 0 Å². The third kappa shape index (κ3) is 0.759. The molecule has 0 heteroatoms. The molecule has 0 unspecified atom stereocenters. The highest BCUT2D eigenvalue weighted by Gasteiger charge is 2.39. The Hall–Kier alpha value is -0.480. The minimum Gasteiger partial charge on any atom is -0.125 e. The first-order valence-electron chi connectivity index (χ1n) is 3.83. The summed E-state index contributed by atoms with van der Waals surface area (Å²) in [6.07, 6.45) is 2.18. The number of hydrogen-bond acceptors (Lipinski definition) is 0. The molecule has 0 radical (unpaired) electrons. The normalized spacial score (nSPS) is 26.7. The minimum absolute atomic E-state index is 0.289. The molecular formula is C10H16. The average molecular weight is 136 g/mol. The molecule has 1 rings (SSSR count). The van der Waals surface area contributed by atoms with Gasteiger partial charge in [0.05, 0.1) is 0 Å². The summed E-state index contributed by atoms with van der Waals surface area (Å²) in [5.74, 6) is 0. The van der Waals surface area contributed by atoms with Crippen LogP contribution in [0.25, 0.3) is 0 Å². The van der Waals surface area contributed by atoms with Crippen LogP contribution in [-0.4, -0.2) is 0 Å². The molecule has 0 atom stereocenters. The van der Waals surface area contributed by atoms with Crippen molar-refractivity contribution in [2.24, 2.45) is 10.8 Å². The predicted octanol–water partition coefficient (Wildman–Crippen LogP) is 3.15. The lowest BCUT2D eigenvalue weighted by Gasteiger charge is -2.35. The molecule has 0 saturated carbocycles. The van der Waals surface area contributed by atoms with Gasteiger partial charge >= 0.3 is 0 Å². The molecule has 1 aliphatic rings. The van der Waals surface area contributed by atoms with Crippen LogP contribution in [0.15, 0.2) is 17.4 Å². The first-order chi connectivity index (χ1) is 4.38. The highest BCUT2D eigenvalue weighted by Crippen LogP contribution is 2.47. The molecule has 56 valence electrons. The van der Waals surface area contributed by atoms with Crippen molar-refractivity contribution in [2.45, 2.75) is 34.6 Å². The fraction of sp³-hybridized carbons (Fsp3) is 0.700. The number of rotatable bonds is 0. The monoisotopic (exact) mass is 136 g/mol. The number of allylic oxidation sites excluding steroid dienone is 1. The van der Waals surface area contributed by atoms with E-state index >= 15 is 0 Å². The van der Waals surface area contributed by atoms with E-state index < -0.39 is 0 Å². The zero-order chi connectivity index (χ0) is 7.99. The minimum atomic E-state index is 0.289. The van der Waals surface area contributed by atoms with Gasteiger partial charge in [0.25, 0.3) is 0 Å². The van der Waals surface area contributed by atoms with E-state index in [1.807, 2.05) is 0 Å². The van der Waals surface area contributed by atoms with Crippen LogP contribution in [0.4, 0.5) is 0 Å². The Balaban J connectivity index is 3.06. The Morgan fingerprint density at radius 3 is 1.80 bits per heavy atom. The van der Waals surface area contributed by atoms with Crippen molar-refractivity contribution in [3.05, 3.63) is 17.4 Å². The molecule has 0 aromatic rings. The lowest BCUT2D eigenvalue weighted by Crippen LogP contribution is -2.28. The summed E-state index contributed by atoms with van der Waals surface area (Å²) in [5.41, 5.74) is 5.25. The van der Waals surface area contributed by atoms with Crippen molar-refractivity contribution in [1.82, 2.24) is 0 Å². The van der Waals surface area contributed by atoms with Gasteiger partial charge in [0.15, 0.2) is 0 Å². The summed E-state index contributed by atoms with van der Waals surface area (Å²) in [5, 5.41) is 0. The predicted molar refractivity (Wildman–Crippen MR) is 44.8 cm³/mol. The molecule has 0 heterocycles. The second-order valence-corrected chi connectivity index (χ2v) is 4.26. The van der Waals surface area contributed by atoms with E-state index in [2.05, 4.69) is 46.4 Å². The molecule has 0 aromatic carbocycles. The van der Waals surface area contributed by atoms with E-state index in [4.69, 9.17) is 0 Å². The quantitative estimate of drug-likeness (QED) is 0.449. The van der Waals surface area contributed by atoms with Gasteiger partial charge < -0.3 is 0 Å². The summed E-state index contributed by atoms with van der Waals surface area (Å²) < 4.78 is 0. The van der Waals surface area contributed by atoms with Gasteiger partial charge in [-0.25, -0.2) is 0 Å². The fourth-order valence-corrected chi connectivity index (χ4v) is 1.13. The Bertz CT molecular complexity index is 210. The maximum Gasteiger partial charge on any atom is 0.00199 e. The van der Waals surface area contributed by atoms with Gasteiger partial charge in [-0.3, -0.25) is 0 Å². The van der Waals surface area contributed by atoms with Crippen LogP contribution in [0.1, 0.15) is 34.6 Å². The van der Waals surface area contributed by atoms with Gasteiger partial charge in [0.2, 0.25) is 0 Å². The van der Waals surface area contributed by atoms with Crippen LogP contribution in [0, 0.1) is 10.8 Å².